The fourth-order valence-electron chi connectivity index (χ4n) is 2.71. The predicted octanol–water partition coefficient (Wildman–Crippen LogP) is 2.27. The zero-order chi connectivity index (χ0) is 18.5. The van der Waals surface area contributed by atoms with Gasteiger partial charge in [-0.25, -0.2) is 4.79 Å². The molecular formula is C19H20N2O5. The number of anilines is 1. The maximum atomic E-state index is 12.2. The van der Waals surface area contributed by atoms with E-state index in [1.807, 2.05) is 0 Å². The minimum absolute atomic E-state index is 0.0853. The number of ether oxygens (including phenoxy) is 1. The Hall–Kier alpha value is -3.09. The van der Waals surface area contributed by atoms with Crippen LogP contribution in [0.1, 0.15) is 35.9 Å². The molecule has 0 spiro atoms. The highest BCUT2D eigenvalue weighted by Crippen LogP contribution is 2.21. The largest absolute Gasteiger partial charge is 0.467 e. The highest BCUT2D eigenvalue weighted by atomic mass is 16.5. The monoisotopic (exact) mass is 356 g/mol. The summed E-state index contributed by atoms with van der Waals surface area (Å²) in [6.07, 6.45) is 1.98. The fourth-order valence-corrected chi connectivity index (χ4v) is 2.71. The second-order valence-electron chi connectivity index (χ2n) is 6.04. The molecule has 7 nitrogen and oxygen atoms in total. The molecule has 1 N–H and O–H groups in total. The standard InChI is InChI=1S/C19H20N2O5/c1-13(18(23)20-12-16-4-3-11-25-16)26-19(24)14-6-8-15(9-7-14)21-10-2-5-17(21)22/h3-4,6-9,11,13H,2,5,10,12H2,1H3,(H,20,23)/t13-/m0/s1. The minimum Gasteiger partial charge on any atom is -0.467 e. The van der Waals surface area contributed by atoms with Gasteiger partial charge in [0, 0.05) is 18.7 Å². The lowest BCUT2D eigenvalue weighted by Crippen LogP contribution is -2.35. The summed E-state index contributed by atoms with van der Waals surface area (Å²) in [7, 11) is 0. The van der Waals surface area contributed by atoms with Gasteiger partial charge >= 0.3 is 5.97 Å². The number of carbonyl (C=O) groups excluding carboxylic acids is 3. The lowest BCUT2D eigenvalue weighted by atomic mass is 10.2. The van der Waals surface area contributed by atoms with E-state index < -0.39 is 18.0 Å². The maximum Gasteiger partial charge on any atom is 0.338 e. The van der Waals surface area contributed by atoms with Crippen LogP contribution in [0.5, 0.6) is 0 Å². The van der Waals surface area contributed by atoms with E-state index in [1.165, 1.54) is 13.2 Å². The van der Waals surface area contributed by atoms with E-state index in [4.69, 9.17) is 9.15 Å². The number of nitrogens with zero attached hydrogens (tertiary/aromatic N) is 1. The van der Waals surface area contributed by atoms with Gasteiger partial charge in [0.1, 0.15) is 5.76 Å². The molecule has 1 fully saturated rings. The van der Waals surface area contributed by atoms with Crippen LogP contribution in [0.15, 0.2) is 47.1 Å². The van der Waals surface area contributed by atoms with E-state index in [9.17, 15) is 14.4 Å². The first-order chi connectivity index (χ1) is 12.5. The number of rotatable bonds is 6. The average molecular weight is 356 g/mol. The van der Waals surface area contributed by atoms with E-state index in [2.05, 4.69) is 5.32 Å². The van der Waals surface area contributed by atoms with Gasteiger partial charge in [-0.3, -0.25) is 9.59 Å². The van der Waals surface area contributed by atoms with Crippen LogP contribution in [0.25, 0.3) is 0 Å². The van der Waals surface area contributed by atoms with Crippen molar-refractivity contribution in [3.63, 3.8) is 0 Å². The summed E-state index contributed by atoms with van der Waals surface area (Å²) in [5.41, 5.74) is 1.08. The molecule has 1 aromatic heterocycles. The van der Waals surface area contributed by atoms with Crippen molar-refractivity contribution in [2.45, 2.75) is 32.4 Å². The summed E-state index contributed by atoms with van der Waals surface area (Å²) in [6.45, 7) is 2.43. The van der Waals surface area contributed by atoms with Crippen molar-refractivity contribution < 1.29 is 23.5 Å². The number of esters is 1. The fraction of sp³-hybridized carbons (Fsp3) is 0.316. The van der Waals surface area contributed by atoms with Crippen LogP contribution in [0, 0.1) is 0 Å². The van der Waals surface area contributed by atoms with Crippen molar-refractivity contribution in [2.24, 2.45) is 0 Å². The summed E-state index contributed by atoms with van der Waals surface area (Å²) in [4.78, 5) is 37.6. The van der Waals surface area contributed by atoms with Gasteiger partial charge in [-0.1, -0.05) is 0 Å². The van der Waals surface area contributed by atoms with Gasteiger partial charge < -0.3 is 19.4 Å². The lowest BCUT2D eigenvalue weighted by Gasteiger charge is -2.16. The van der Waals surface area contributed by atoms with Gasteiger partial charge in [0.15, 0.2) is 6.10 Å². The molecule has 0 saturated carbocycles. The highest BCUT2D eigenvalue weighted by Gasteiger charge is 2.23. The van der Waals surface area contributed by atoms with Gasteiger partial charge in [-0.15, -0.1) is 0 Å². The Morgan fingerprint density at radius 2 is 2.04 bits per heavy atom. The Kier molecular flexibility index (Phi) is 5.36. The maximum absolute atomic E-state index is 12.2. The molecule has 2 amide bonds. The Labute approximate surface area is 150 Å². The van der Waals surface area contributed by atoms with Crippen molar-refractivity contribution in [2.75, 3.05) is 11.4 Å². The Bertz CT molecular complexity index is 783. The molecule has 2 aromatic rings. The van der Waals surface area contributed by atoms with E-state index in [1.54, 1.807) is 41.3 Å². The first-order valence-corrected chi connectivity index (χ1v) is 8.46. The third kappa shape index (κ3) is 4.11. The van der Waals surface area contributed by atoms with E-state index >= 15 is 0 Å². The number of hydrogen-bond acceptors (Lipinski definition) is 5. The summed E-state index contributed by atoms with van der Waals surface area (Å²) in [5.74, 6) is -0.301. The Morgan fingerprint density at radius 1 is 1.27 bits per heavy atom. The van der Waals surface area contributed by atoms with Crippen molar-refractivity contribution in [1.82, 2.24) is 5.32 Å². The topological polar surface area (TPSA) is 88.8 Å². The van der Waals surface area contributed by atoms with E-state index in [-0.39, 0.29) is 12.5 Å². The second kappa shape index (κ2) is 7.86. The van der Waals surface area contributed by atoms with Crippen LogP contribution in [-0.4, -0.2) is 30.4 Å². The lowest BCUT2D eigenvalue weighted by molar-refractivity contribution is -0.129. The molecule has 0 unspecified atom stereocenters. The summed E-state index contributed by atoms with van der Waals surface area (Å²) in [6, 6.07) is 10.1. The molecule has 1 atom stereocenters. The summed E-state index contributed by atoms with van der Waals surface area (Å²) < 4.78 is 10.3. The van der Waals surface area contributed by atoms with Gasteiger partial charge in [0.2, 0.25) is 5.91 Å². The Balaban J connectivity index is 1.53. The molecule has 0 radical (unpaired) electrons. The molecule has 1 aliphatic heterocycles. The zero-order valence-corrected chi connectivity index (χ0v) is 14.4. The Morgan fingerprint density at radius 3 is 2.65 bits per heavy atom. The number of hydrogen-bond donors (Lipinski definition) is 1. The van der Waals surface area contributed by atoms with Crippen LogP contribution >= 0.6 is 0 Å². The highest BCUT2D eigenvalue weighted by molar-refractivity contribution is 5.96. The second-order valence-corrected chi connectivity index (χ2v) is 6.04. The van der Waals surface area contributed by atoms with Gasteiger partial charge in [-0.2, -0.15) is 0 Å². The number of nitrogens with one attached hydrogen (secondary N) is 1. The van der Waals surface area contributed by atoms with Gasteiger partial charge in [0.25, 0.3) is 5.91 Å². The quantitative estimate of drug-likeness (QED) is 0.802. The molecule has 2 heterocycles. The molecule has 0 bridgehead atoms. The molecule has 0 aliphatic carbocycles. The number of carbonyl (C=O) groups is 3. The van der Waals surface area contributed by atoms with Crippen molar-refractivity contribution in [3.05, 3.63) is 54.0 Å². The average Bonchev–Trinajstić information content (AvgIpc) is 3.31. The molecule has 136 valence electrons. The van der Waals surface area contributed by atoms with Crippen LogP contribution in [-0.2, 0) is 20.9 Å². The van der Waals surface area contributed by atoms with Crippen molar-refractivity contribution in [1.29, 1.82) is 0 Å². The number of furan rings is 1. The van der Waals surface area contributed by atoms with Crippen LogP contribution in [0.3, 0.4) is 0 Å². The normalized spacial score (nSPS) is 15.0. The first kappa shape index (κ1) is 17.7. The van der Waals surface area contributed by atoms with Gasteiger partial charge in [0.05, 0.1) is 18.4 Å². The third-order valence-electron chi connectivity index (χ3n) is 4.16. The molecule has 1 aromatic carbocycles. The molecular weight excluding hydrogens is 336 g/mol. The van der Waals surface area contributed by atoms with Crippen molar-refractivity contribution in [3.8, 4) is 0 Å². The SMILES string of the molecule is C[C@H](OC(=O)c1ccc(N2CCCC2=O)cc1)C(=O)NCc1ccco1. The van der Waals surface area contributed by atoms with Crippen LogP contribution in [0.4, 0.5) is 5.69 Å². The minimum atomic E-state index is -0.933. The van der Waals surface area contributed by atoms with Gasteiger partial charge in [-0.05, 0) is 49.7 Å². The predicted molar refractivity (Wildman–Crippen MR) is 93.5 cm³/mol. The smallest absolute Gasteiger partial charge is 0.338 e. The van der Waals surface area contributed by atoms with Crippen LogP contribution < -0.4 is 10.2 Å². The molecule has 1 aliphatic rings. The summed E-state index contributed by atoms with van der Waals surface area (Å²) >= 11 is 0. The molecule has 3 rings (SSSR count). The zero-order valence-electron chi connectivity index (χ0n) is 14.4. The first-order valence-electron chi connectivity index (χ1n) is 8.46. The number of benzene rings is 1. The molecule has 7 heteroatoms. The van der Waals surface area contributed by atoms with Crippen LogP contribution in [0.2, 0.25) is 0 Å². The summed E-state index contributed by atoms with van der Waals surface area (Å²) in [5, 5.41) is 2.64. The van der Waals surface area contributed by atoms with E-state index in [0.29, 0.717) is 24.3 Å². The van der Waals surface area contributed by atoms with E-state index in [0.717, 1.165) is 12.1 Å². The van der Waals surface area contributed by atoms with Crippen molar-refractivity contribution >= 4 is 23.5 Å². The molecule has 1 saturated heterocycles. The molecule has 26 heavy (non-hydrogen) atoms. The number of amides is 2. The third-order valence-corrected chi connectivity index (χ3v) is 4.16.